The smallest absolute Gasteiger partial charge is 0.253 e. The molecule has 0 radical (unpaired) electrons. The summed E-state index contributed by atoms with van der Waals surface area (Å²) in [5.41, 5.74) is 1.81. The number of piperidine rings is 1. The van der Waals surface area contributed by atoms with E-state index in [9.17, 15) is 14.4 Å². The van der Waals surface area contributed by atoms with Gasteiger partial charge in [-0.1, -0.05) is 45.4 Å². The first-order valence-corrected chi connectivity index (χ1v) is 10.6. The minimum absolute atomic E-state index is 0.0203. The molecular formula is C23H35N3O3. The van der Waals surface area contributed by atoms with Crippen LogP contribution in [0.4, 0.5) is 0 Å². The molecule has 0 aliphatic carbocycles. The second-order valence-corrected chi connectivity index (χ2v) is 8.78. The van der Waals surface area contributed by atoms with Crippen molar-refractivity contribution in [2.45, 2.75) is 53.5 Å². The van der Waals surface area contributed by atoms with E-state index in [2.05, 4.69) is 10.6 Å². The number of likely N-dealkylation sites (tertiary alicyclic amines) is 1. The molecule has 1 aromatic carbocycles. The number of carbonyl (C=O) groups excluding carboxylic acids is 3. The highest BCUT2D eigenvalue weighted by Gasteiger charge is 2.34. The fourth-order valence-corrected chi connectivity index (χ4v) is 3.45. The van der Waals surface area contributed by atoms with Crippen LogP contribution in [0.15, 0.2) is 24.3 Å². The lowest BCUT2D eigenvalue weighted by Crippen LogP contribution is -2.54. The van der Waals surface area contributed by atoms with Gasteiger partial charge in [-0.15, -0.1) is 0 Å². The highest BCUT2D eigenvalue weighted by Crippen LogP contribution is 2.23. The van der Waals surface area contributed by atoms with Crippen LogP contribution in [-0.4, -0.2) is 48.3 Å². The molecule has 1 fully saturated rings. The highest BCUT2D eigenvalue weighted by atomic mass is 16.2. The zero-order valence-corrected chi connectivity index (χ0v) is 18.3. The standard InChI is InChI=1S/C23H35N3O3/c1-15(2)14-24-22(28)20(25-21(27)16(3)4)18-10-12-26(13-11-18)23(29)19-8-6-17(5)7-9-19/h6-9,15-16,18,20H,10-14H2,1-5H3,(H,24,28)(H,25,27)/t20-/m1/s1. The van der Waals surface area contributed by atoms with Gasteiger partial charge in [-0.3, -0.25) is 14.4 Å². The largest absolute Gasteiger partial charge is 0.354 e. The van der Waals surface area contributed by atoms with Crippen molar-refractivity contribution in [1.82, 2.24) is 15.5 Å². The van der Waals surface area contributed by atoms with Crippen LogP contribution in [0.1, 0.15) is 56.5 Å². The van der Waals surface area contributed by atoms with Crippen LogP contribution in [0.5, 0.6) is 0 Å². The van der Waals surface area contributed by atoms with E-state index in [4.69, 9.17) is 0 Å². The van der Waals surface area contributed by atoms with Crippen LogP contribution >= 0.6 is 0 Å². The molecule has 6 heteroatoms. The zero-order chi connectivity index (χ0) is 21.6. The topological polar surface area (TPSA) is 78.5 Å². The van der Waals surface area contributed by atoms with E-state index >= 15 is 0 Å². The van der Waals surface area contributed by atoms with E-state index in [0.717, 1.165) is 5.56 Å². The number of benzene rings is 1. The maximum atomic E-state index is 12.8. The van der Waals surface area contributed by atoms with Gasteiger partial charge in [0.15, 0.2) is 0 Å². The Labute approximate surface area is 174 Å². The van der Waals surface area contributed by atoms with E-state index < -0.39 is 6.04 Å². The third kappa shape index (κ3) is 6.58. The lowest BCUT2D eigenvalue weighted by molar-refractivity contribution is -0.132. The molecule has 0 aromatic heterocycles. The minimum Gasteiger partial charge on any atom is -0.354 e. The van der Waals surface area contributed by atoms with Crippen LogP contribution in [0, 0.1) is 24.7 Å². The van der Waals surface area contributed by atoms with Gasteiger partial charge in [0.05, 0.1) is 0 Å². The predicted molar refractivity (Wildman–Crippen MR) is 114 cm³/mol. The molecule has 29 heavy (non-hydrogen) atoms. The molecule has 0 saturated carbocycles. The molecule has 0 unspecified atom stereocenters. The van der Waals surface area contributed by atoms with Crippen molar-refractivity contribution in [3.05, 3.63) is 35.4 Å². The molecule has 1 atom stereocenters. The van der Waals surface area contributed by atoms with Crippen molar-refractivity contribution in [3.63, 3.8) is 0 Å². The van der Waals surface area contributed by atoms with E-state index in [0.29, 0.717) is 44.0 Å². The SMILES string of the molecule is Cc1ccc(C(=O)N2CCC([C@@H](NC(=O)C(C)C)C(=O)NCC(C)C)CC2)cc1. The van der Waals surface area contributed by atoms with Gasteiger partial charge in [-0.05, 0) is 43.7 Å². The Hall–Kier alpha value is -2.37. The molecule has 1 aliphatic rings. The first-order chi connectivity index (χ1) is 13.7. The third-order valence-electron chi connectivity index (χ3n) is 5.39. The molecule has 3 amide bonds. The number of amides is 3. The van der Waals surface area contributed by atoms with Gasteiger partial charge in [-0.25, -0.2) is 0 Å². The van der Waals surface area contributed by atoms with Crippen LogP contribution < -0.4 is 10.6 Å². The summed E-state index contributed by atoms with van der Waals surface area (Å²) in [7, 11) is 0. The second kappa shape index (κ2) is 10.4. The van der Waals surface area contributed by atoms with Crippen LogP contribution in [0.25, 0.3) is 0 Å². The van der Waals surface area contributed by atoms with Crippen molar-refractivity contribution in [3.8, 4) is 0 Å². The van der Waals surface area contributed by atoms with Gasteiger partial charge >= 0.3 is 0 Å². The van der Waals surface area contributed by atoms with E-state index in [-0.39, 0.29) is 29.6 Å². The van der Waals surface area contributed by atoms with Gasteiger partial charge < -0.3 is 15.5 Å². The molecule has 1 aliphatic heterocycles. The molecule has 1 saturated heterocycles. The number of rotatable bonds is 7. The number of aryl methyl sites for hydroxylation is 1. The lowest BCUT2D eigenvalue weighted by Gasteiger charge is -2.36. The van der Waals surface area contributed by atoms with Gasteiger partial charge in [0.2, 0.25) is 11.8 Å². The minimum atomic E-state index is -0.555. The Morgan fingerprint density at radius 3 is 2.10 bits per heavy atom. The normalized spacial score (nSPS) is 16.0. The molecule has 2 N–H and O–H groups in total. The summed E-state index contributed by atoms with van der Waals surface area (Å²) in [6.45, 7) is 11.5. The summed E-state index contributed by atoms with van der Waals surface area (Å²) in [5, 5.41) is 5.89. The van der Waals surface area contributed by atoms with Crippen molar-refractivity contribution >= 4 is 17.7 Å². The second-order valence-electron chi connectivity index (χ2n) is 8.78. The zero-order valence-electron chi connectivity index (χ0n) is 18.3. The monoisotopic (exact) mass is 401 g/mol. The summed E-state index contributed by atoms with van der Waals surface area (Å²) in [5.74, 6) is -0.0424. The Morgan fingerprint density at radius 2 is 1.59 bits per heavy atom. The molecule has 6 nitrogen and oxygen atoms in total. The number of hydrogen-bond acceptors (Lipinski definition) is 3. The van der Waals surface area contributed by atoms with Crippen molar-refractivity contribution in [2.75, 3.05) is 19.6 Å². The summed E-state index contributed by atoms with van der Waals surface area (Å²) in [6.07, 6.45) is 1.38. The van der Waals surface area contributed by atoms with Gasteiger partial charge in [0, 0.05) is 31.1 Å². The average molecular weight is 402 g/mol. The maximum Gasteiger partial charge on any atom is 0.253 e. The highest BCUT2D eigenvalue weighted by molar-refractivity contribution is 5.94. The molecular weight excluding hydrogens is 366 g/mol. The lowest BCUT2D eigenvalue weighted by atomic mass is 9.88. The number of nitrogens with one attached hydrogen (secondary N) is 2. The van der Waals surface area contributed by atoms with Gasteiger partial charge in [-0.2, -0.15) is 0 Å². The first kappa shape index (κ1) is 22.9. The fraction of sp³-hybridized carbons (Fsp3) is 0.609. The molecule has 0 spiro atoms. The predicted octanol–water partition coefficient (Wildman–Crippen LogP) is 2.76. The molecule has 160 valence electrons. The van der Waals surface area contributed by atoms with Crippen molar-refractivity contribution in [1.29, 1.82) is 0 Å². The van der Waals surface area contributed by atoms with Gasteiger partial charge in [0.1, 0.15) is 6.04 Å². The Balaban J connectivity index is 2.02. The maximum absolute atomic E-state index is 12.8. The van der Waals surface area contributed by atoms with Crippen LogP contribution in [-0.2, 0) is 9.59 Å². The Kier molecular flexibility index (Phi) is 8.23. The molecule has 1 heterocycles. The third-order valence-corrected chi connectivity index (χ3v) is 5.39. The molecule has 0 bridgehead atoms. The summed E-state index contributed by atoms with van der Waals surface area (Å²) in [4.78, 5) is 39.6. The average Bonchev–Trinajstić information content (AvgIpc) is 2.70. The van der Waals surface area contributed by atoms with Crippen LogP contribution in [0.2, 0.25) is 0 Å². The van der Waals surface area contributed by atoms with E-state index in [1.165, 1.54) is 0 Å². The number of hydrogen-bond donors (Lipinski definition) is 2. The number of carbonyl (C=O) groups is 3. The quantitative estimate of drug-likeness (QED) is 0.737. The molecule has 2 rings (SSSR count). The first-order valence-electron chi connectivity index (χ1n) is 10.6. The summed E-state index contributed by atoms with van der Waals surface area (Å²) in [6, 6.07) is 7.04. The fourth-order valence-electron chi connectivity index (χ4n) is 3.45. The summed E-state index contributed by atoms with van der Waals surface area (Å²) >= 11 is 0. The Morgan fingerprint density at radius 1 is 1.00 bits per heavy atom. The van der Waals surface area contributed by atoms with E-state index in [1.807, 2.05) is 63.8 Å². The van der Waals surface area contributed by atoms with Crippen LogP contribution in [0.3, 0.4) is 0 Å². The Bertz CT molecular complexity index is 705. The van der Waals surface area contributed by atoms with Crippen molar-refractivity contribution in [2.24, 2.45) is 17.8 Å². The number of nitrogens with zero attached hydrogens (tertiary/aromatic N) is 1. The van der Waals surface area contributed by atoms with E-state index in [1.54, 1.807) is 0 Å². The van der Waals surface area contributed by atoms with Gasteiger partial charge in [0.25, 0.3) is 5.91 Å². The molecule has 1 aromatic rings. The van der Waals surface area contributed by atoms with Crippen molar-refractivity contribution < 1.29 is 14.4 Å². The summed E-state index contributed by atoms with van der Waals surface area (Å²) < 4.78 is 0.